The molecule has 0 unspecified atom stereocenters. The molecule has 0 bridgehead atoms. The SMILES string of the molecule is CCc1ccc(NC(C)=O)cc1NC(=O)c1cnn(-c2ccccc2)c1C. The van der Waals surface area contributed by atoms with Gasteiger partial charge in [-0.3, -0.25) is 9.59 Å². The first-order valence-electron chi connectivity index (χ1n) is 8.81. The second kappa shape index (κ2) is 7.86. The van der Waals surface area contributed by atoms with E-state index in [1.54, 1.807) is 16.9 Å². The molecule has 1 aromatic heterocycles. The zero-order valence-corrected chi connectivity index (χ0v) is 15.6. The number of aryl methyl sites for hydroxylation is 1. The van der Waals surface area contributed by atoms with Crippen molar-refractivity contribution in [3.8, 4) is 5.69 Å². The molecule has 2 N–H and O–H groups in total. The van der Waals surface area contributed by atoms with Gasteiger partial charge in [-0.15, -0.1) is 0 Å². The number of amides is 2. The van der Waals surface area contributed by atoms with Crippen LogP contribution in [0, 0.1) is 6.92 Å². The summed E-state index contributed by atoms with van der Waals surface area (Å²) < 4.78 is 1.74. The average molecular weight is 362 g/mol. The van der Waals surface area contributed by atoms with Crippen LogP contribution in [0.4, 0.5) is 11.4 Å². The normalized spacial score (nSPS) is 10.5. The molecular formula is C21H22N4O2. The number of aromatic nitrogens is 2. The molecule has 0 spiro atoms. The fourth-order valence-corrected chi connectivity index (χ4v) is 2.93. The zero-order chi connectivity index (χ0) is 19.4. The summed E-state index contributed by atoms with van der Waals surface area (Å²) in [4.78, 5) is 24.1. The highest BCUT2D eigenvalue weighted by Crippen LogP contribution is 2.23. The Hall–Kier alpha value is -3.41. The summed E-state index contributed by atoms with van der Waals surface area (Å²) in [5.41, 5.74) is 4.48. The van der Waals surface area contributed by atoms with Crippen molar-refractivity contribution in [3.05, 3.63) is 71.5 Å². The Morgan fingerprint density at radius 1 is 1.07 bits per heavy atom. The highest BCUT2D eigenvalue weighted by molar-refractivity contribution is 6.05. The third kappa shape index (κ3) is 4.06. The molecular weight excluding hydrogens is 340 g/mol. The summed E-state index contributed by atoms with van der Waals surface area (Å²) in [5.74, 6) is -0.388. The molecule has 0 saturated carbocycles. The summed E-state index contributed by atoms with van der Waals surface area (Å²) in [5, 5.41) is 10.0. The number of nitrogens with zero attached hydrogens (tertiary/aromatic N) is 2. The van der Waals surface area contributed by atoms with Crippen LogP contribution in [0.25, 0.3) is 5.69 Å². The molecule has 1 heterocycles. The van der Waals surface area contributed by atoms with Gasteiger partial charge in [0.25, 0.3) is 5.91 Å². The highest BCUT2D eigenvalue weighted by Gasteiger charge is 2.16. The predicted molar refractivity (Wildman–Crippen MR) is 106 cm³/mol. The minimum atomic E-state index is -0.232. The lowest BCUT2D eigenvalue weighted by Gasteiger charge is -2.12. The molecule has 6 nitrogen and oxygen atoms in total. The smallest absolute Gasteiger partial charge is 0.259 e. The number of rotatable bonds is 5. The maximum Gasteiger partial charge on any atom is 0.259 e. The van der Waals surface area contributed by atoms with E-state index in [0.29, 0.717) is 16.9 Å². The van der Waals surface area contributed by atoms with Crippen LogP contribution in [0.15, 0.2) is 54.7 Å². The summed E-state index contributed by atoms with van der Waals surface area (Å²) in [6.45, 7) is 5.33. The van der Waals surface area contributed by atoms with Crippen LogP contribution < -0.4 is 10.6 Å². The van der Waals surface area contributed by atoms with E-state index in [1.165, 1.54) is 6.92 Å². The Labute approximate surface area is 158 Å². The van der Waals surface area contributed by atoms with Crippen molar-refractivity contribution < 1.29 is 9.59 Å². The quantitative estimate of drug-likeness (QED) is 0.721. The number of benzene rings is 2. The van der Waals surface area contributed by atoms with Gasteiger partial charge >= 0.3 is 0 Å². The number of carbonyl (C=O) groups is 2. The summed E-state index contributed by atoms with van der Waals surface area (Å²) in [7, 11) is 0. The Balaban J connectivity index is 1.88. The van der Waals surface area contributed by atoms with Crippen LogP contribution in [-0.2, 0) is 11.2 Å². The third-order valence-electron chi connectivity index (χ3n) is 4.31. The van der Waals surface area contributed by atoms with E-state index in [4.69, 9.17) is 0 Å². The average Bonchev–Trinajstić information content (AvgIpc) is 3.04. The molecule has 3 rings (SSSR count). The predicted octanol–water partition coefficient (Wildman–Crippen LogP) is 3.95. The molecule has 0 aliphatic carbocycles. The Morgan fingerprint density at radius 2 is 1.81 bits per heavy atom. The van der Waals surface area contributed by atoms with Gasteiger partial charge in [0.05, 0.1) is 23.1 Å². The molecule has 138 valence electrons. The molecule has 0 fully saturated rings. The van der Waals surface area contributed by atoms with E-state index in [1.807, 2.05) is 56.3 Å². The van der Waals surface area contributed by atoms with Crippen LogP contribution in [0.1, 0.15) is 35.5 Å². The lowest BCUT2D eigenvalue weighted by molar-refractivity contribution is -0.114. The van der Waals surface area contributed by atoms with Crippen molar-refractivity contribution >= 4 is 23.2 Å². The maximum absolute atomic E-state index is 12.8. The Kier molecular flexibility index (Phi) is 5.35. The Bertz CT molecular complexity index is 977. The minimum absolute atomic E-state index is 0.156. The van der Waals surface area contributed by atoms with Crippen molar-refractivity contribution in [1.82, 2.24) is 9.78 Å². The van der Waals surface area contributed by atoms with E-state index < -0.39 is 0 Å². The second-order valence-electron chi connectivity index (χ2n) is 6.25. The molecule has 0 aliphatic heterocycles. The number of carbonyl (C=O) groups excluding carboxylic acids is 2. The summed E-state index contributed by atoms with van der Waals surface area (Å²) >= 11 is 0. The second-order valence-corrected chi connectivity index (χ2v) is 6.25. The van der Waals surface area contributed by atoms with Crippen LogP contribution in [-0.4, -0.2) is 21.6 Å². The number of hydrogen-bond donors (Lipinski definition) is 2. The van der Waals surface area contributed by atoms with Crippen molar-refractivity contribution in [3.63, 3.8) is 0 Å². The van der Waals surface area contributed by atoms with Crippen molar-refractivity contribution in [2.75, 3.05) is 10.6 Å². The lowest BCUT2D eigenvalue weighted by atomic mass is 10.1. The third-order valence-corrected chi connectivity index (χ3v) is 4.31. The molecule has 2 amide bonds. The molecule has 27 heavy (non-hydrogen) atoms. The monoisotopic (exact) mass is 362 g/mol. The number of para-hydroxylation sites is 1. The van der Waals surface area contributed by atoms with Gasteiger partial charge in [0, 0.05) is 18.3 Å². The van der Waals surface area contributed by atoms with E-state index >= 15 is 0 Å². The first kappa shape index (κ1) is 18.4. The molecule has 3 aromatic rings. The first-order chi connectivity index (χ1) is 13.0. The van der Waals surface area contributed by atoms with Crippen LogP contribution in [0.5, 0.6) is 0 Å². The van der Waals surface area contributed by atoms with Crippen LogP contribution in [0.2, 0.25) is 0 Å². The minimum Gasteiger partial charge on any atom is -0.326 e. The molecule has 0 aliphatic rings. The fourth-order valence-electron chi connectivity index (χ4n) is 2.93. The van der Waals surface area contributed by atoms with Crippen molar-refractivity contribution in [2.45, 2.75) is 27.2 Å². The molecule has 2 aromatic carbocycles. The van der Waals surface area contributed by atoms with Crippen molar-refractivity contribution in [2.24, 2.45) is 0 Å². The first-order valence-corrected chi connectivity index (χ1v) is 8.81. The fraction of sp³-hybridized carbons (Fsp3) is 0.190. The van der Waals surface area contributed by atoms with Gasteiger partial charge in [-0.1, -0.05) is 31.2 Å². The number of hydrogen-bond acceptors (Lipinski definition) is 3. The molecule has 6 heteroatoms. The van der Waals surface area contributed by atoms with Gasteiger partial charge in [0.2, 0.25) is 5.91 Å². The van der Waals surface area contributed by atoms with E-state index in [0.717, 1.165) is 23.4 Å². The summed E-state index contributed by atoms with van der Waals surface area (Å²) in [6.07, 6.45) is 2.33. The van der Waals surface area contributed by atoms with Gasteiger partial charge in [0.15, 0.2) is 0 Å². The van der Waals surface area contributed by atoms with E-state index in [2.05, 4.69) is 15.7 Å². The topological polar surface area (TPSA) is 76.0 Å². The highest BCUT2D eigenvalue weighted by atomic mass is 16.2. The van der Waals surface area contributed by atoms with Crippen LogP contribution in [0.3, 0.4) is 0 Å². The Morgan fingerprint density at radius 3 is 2.48 bits per heavy atom. The van der Waals surface area contributed by atoms with E-state index in [-0.39, 0.29) is 11.8 Å². The standard InChI is InChI=1S/C21H22N4O2/c1-4-16-10-11-17(23-15(3)26)12-20(16)24-21(27)19-13-22-25(14(19)2)18-8-6-5-7-9-18/h5-13H,4H2,1-3H3,(H,23,26)(H,24,27). The van der Waals surface area contributed by atoms with E-state index in [9.17, 15) is 9.59 Å². The van der Waals surface area contributed by atoms with Gasteiger partial charge in [-0.2, -0.15) is 5.10 Å². The summed E-state index contributed by atoms with van der Waals surface area (Å²) in [6, 6.07) is 15.2. The van der Waals surface area contributed by atoms with Gasteiger partial charge in [-0.05, 0) is 43.2 Å². The molecule has 0 radical (unpaired) electrons. The lowest BCUT2D eigenvalue weighted by Crippen LogP contribution is -2.15. The molecule has 0 atom stereocenters. The van der Waals surface area contributed by atoms with Crippen LogP contribution >= 0.6 is 0 Å². The number of nitrogens with one attached hydrogen (secondary N) is 2. The van der Waals surface area contributed by atoms with Crippen molar-refractivity contribution in [1.29, 1.82) is 0 Å². The van der Waals surface area contributed by atoms with Gasteiger partial charge < -0.3 is 10.6 Å². The number of anilines is 2. The van der Waals surface area contributed by atoms with Gasteiger partial charge in [0.1, 0.15) is 0 Å². The molecule has 0 saturated heterocycles. The largest absolute Gasteiger partial charge is 0.326 e. The zero-order valence-electron chi connectivity index (χ0n) is 15.6. The maximum atomic E-state index is 12.8. The van der Waals surface area contributed by atoms with Gasteiger partial charge in [-0.25, -0.2) is 4.68 Å².